The largest absolute Gasteiger partial charge is 0.480 e. The molecule has 1 unspecified atom stereocenters. The molecule has 1 aromatic carbocycles. The monoisotopic (exact) mass is 257 g/mol. The highest BCUT2D eigenvalue weighted by atomic mass is 79.9. The maximum atomic E-state index is 10.8. The minimum absolute atomic E-state index is 0.650. The van der Waals surface area contributed by atoms with Gasteiger partial charge in [0.15, 0.2) is 0 Å². The van der Waals surface area contributed by atoms with Gasteiger partial charge in [-0.2, -0.15) is 0 Å². The second-order valence-electron chi connectivity index (χ2n) is 3.22. The number of rotatable bonds is 2. The Labute approximate surface area is 91.1 Å². The summed E-state index contributed by atoms with van der Waals surface area (Å²) >= 11 is 3.31. The van der Waals surface area contributed by atoms with Crippen LogP contribution in [0.2, 0.25) is 0 Å². The first-order chi connectivity index (χ1) is 6.45. The highest BCUT2D eigenvalue weighted by Gasteiger charge is 2.19. The van der Waals surface area contributed by atoms with Gasteiger partial charge in [0.2, 0.25) is 0 Å². The molecule has 0 fully saturated rings. The Balaban J connectivity index is 3.32. The summed E-state index contributed by atoms with van der Waals surface area (Å²) in [6.07, 6.45) is 0. The molecule has 76 valence electrons. The SMILES string of the molecule is Cc1ccc(Br)c(C(N)C(=O)O)c1C. The van der Waals surface area contributed by atoms with Crippen molar-refractivity contribution in [3.8, 4) is 0 Å². The molecule has 1 atom stereocenters. The van der Waals surface area contributed by atoms with Gasteiger partial charge in [-0.05, 0) is 36.6 Å². The number of hydrogen-bond acceptors (Lipinski definition) is 2. The van der Waals surface area contributed by atoms with E-state index in [1.165, 1.54) is 0 Å². The minimum atomic E-state index is -1.01. The molecule has 1 rings (SSSR count). The number of hydrogen-bond donors (Lipinski definition) is 2. The van der Waals surface area contributed by atoms with Gasteiger partial charge < -0.3 is 10.8 Å². The molecule has 4 heteroatoms. The van der Waals surface area contributed by atoms with E-state index < -0.39 is 12.0 Å². The lowest BCUT2D eigenvalue weighted by atomic mass is 9.98. The zero-order valence-corrected chi connectivity index (χ0v) is 9.63. The van der Waals surface area contributed by atoms with Crippen molar-refractivity contribution in [1.29, 1.82) is 0 Å². The smallest absolute Gasteiger partial charge is 0.325 e. The number of carbonyl (C=O) groups is 1. The number of aryl methyl sites for hydroxylation is 1. The zero-order chi connectivity index (χ0) is 10.9. The van der Waals surface area contributed by atoms with Crippen molar-refractivity contribution < 1.29 is 9.90 Å². The van der Waals surface area contributed by atoms with Gasteiger partial charge in [-0.25, -0.2) is 0 Å². The van der Waals surface area contributed by atoms with E-state index in [1.54, 1.807) is 0 Å². The maximum absolute atomic E-state index is 10.8. The second kappa shape index (κ2) is 4.11. The Morgan fingerprint density at radius 1 is 1.50 bits per heavy atom. The van der Waals surface area contributed by atoms with Crippen LogP contribution in [0.15, 0.2) is 16.6 Å². The van der Waals surface area contributed by atoms with Crippen molar-refractivity contribution in [2.24, 2.45) is 5.73 Å². The number of benzene rings is 1. The molecular formula is C10H12BrNO2. The molecule has 0 saturated carbocycles. The lowest BCUT2D eigenvalue weighted by molar-refractivity contribution is -0.138. The summed E-state index contributed by atoms with van der Waals surface area (Å²) in [5, 5.41) is 8.83. The normalized spacial score (nSPS) is 12.6. The van der Waals surface area contributed by atoms with E-state index in [1.807, 2.05) is 26.0 Å². The molecule has 0 saturated heterocycles. The van der Waals surface area contributed by atoms with E-state index in [9.17, 15) is 4.79 Å². The van der Waals surface area contributed by atoms with Crippen molar-refractivity contribution >= 4 is 21.9 Å². The number of aliphatic carboxylic acids is 1. The summed E-state index contributed by atoms with van der Waals surface area (Å²) < 4.78 is 0.746. The molecule has 3 N–H and O–H groups in total. The van der Waals surface area contributed by atoms with Gasteiger partial charge in [0.25, 0.3) is 0 Å². The van der Waals surface area contributed by atoms with E-state index in [0.717, 1.165) is 15.6 Å². The Kier molecular flexibility index (Phi) is 3.29. The highest BCUT2D eigenvalue weighted by molar-refractivity contribution is 9.10. The fraction of sp³-hybridized carbons (Fsp3) is 0.300. The van der Waals surface area contributed by atoms with Crippen molar-refractivity contribution in [3.63, 3.8) is 0 Å². The van der Waals surface area contributed by atoms with Crippen LogP contribution in [-0.2, 0) is 4.79 Å². The molecule has 0 heterocycles. The third-order valence-electron chi connectivity index (χ3n) is 2.31. The fourth-order valence-electron chi connectivity index (χ4n) is 1.31. The third-order valence-corrected chi connectivity index (χ3v) is 3.00. The standard InChI is InChI=1S/C10H12BrNO2/c1-5-3-4-7(11)8(6(5)2)9(12)10(13)14/h3-4,9H,12H2,1-2H3,(H,13,14). The molecule has 0 aliphatic rings. The summed E-state index contributed by atoms with van der Waals surface area (Å²) in [6, 6.07) is 2.78. The fourth-order valence-corrected chi connectivity index (χ4v) is 1.99. The van der Waals surface area contributed by atoms with Crippen LogP contribution >= 0.6 is 15.9 Å². The van der Waals surface area contributed by atoms with Crippen LogP contribution in [0, 0.1) is 13.8 Å². The van der Waals surface area contributed by atoms with Gasteiger partial charge in [0.1, 0.15) is 6.04 Å². The molecule has 0 aromatic heterocycles. The molecule has 0 aliphatic carbocycles. The van der Waals surface area contributed by atoms with E-state index in [4.69, 9.17) is 10.8 Å². The topological polar surface area (TPSA) is 63.3 Å². The molecule has 3 nitrogen and oxygen atoms in total. The lowest BCUT2D eigenvalue weighted by Gasteiger charge is -2.14. The Morgan fingerprint density at radius 2 is 2.07 bits per heavy atom. The van der Waals surface area contributed by atoms with Gasteiger partial charge in [0, 0.05) is 4.47 Å². The van der Waals surface area contributed by atoms with Crippen LogP contribution in [0.1, 0.15) is 22.7 Å². The van der Waals surface area contributed by atoms with Crippen molar-refractivity contribution in [2.45, 2.75) is 19.9 Å². The molecule has 0 aliphatic heterocycles. The van der Waals surface area contributed by atoms with Crippen LogP contribution in [0.4, 0.5) is 0 Å². The van der Waals surface area contributed by atoms with Crippen LogP contribution in [0.5, 0.6) is 0 Å². The van der Waals surface area contributed by atoms with Crippen LogP contribution in [0.3, 0.4) is 0 Å². The maximum Gasteiger partial charge on any atom is 0.325 e. The van der Waals surface area contributed by atoms with E-state index in [0.29, 0.717) is 5.56 Å². The summed E-state index contributed by atoms with van der Waals surface area (Å²) in [5.74, 6) is -1.01. The van der Waals surface area contributed by atoms with Gasteiger partial charge in [0.05, 0.1) is 0 Å². The summed E-state index contributed by atoms with van der Waals surface area (Å²) in [4.78, 5) is 10.8. The molecule has 14 heavy (non-hydrogen) atoms. The molecule has 0 radical (unpaired) electrons. The number of carboxylic acid groups (broad SMARTS) is 1. The molecule has 0 spiro atoms. The van der Waals surface area contributed by atoms with E-state index in [-0.39, 0.29) is 0 Å². The number of halogens is 1. The van der Waals surface area contributed by atoms with Crippen LogP contribution in [0.25, 0.3) is 0 Å². The summed E-state index contributed by atoms with van der Waals surface area (Å²) in [5.41, 5.74) is 8.20. The quantitative estimate of drug-likeness (QED) is 0.854. The first-order valence-corrected chi connectivity index (χ1v) is 4.98. The van der Waals surface area contributed by atoms with Crippen molar-refractivity contribution in [1.82, 2.24) is 0 Å². The predicted octanol–water partition coefficient (Wildman–Crippen LogP) is 2.15. The Morgan fingerprint density at radius 3 is 2.57 bits per heavy atom. The Hall–Kier alpha value is -0.870. The van der Waals surface area contributed by atoms with Gasteiger partial charge in [-0.3, -0.25) is 4.79 Å². The Bertz CT molecular complexity index is 377. The predicted molar refractivity (Wildman–Crippen MR) is 58.2 cm³/mol. The summed E-state index contributed by atoms with van der Waals surface area (Å²) in [7, 11) is 0. The molecule has 1 aromatic rings. The van der Waals surface area contributed by atoms with Gasteiger partial charge >= 0.3 is 5.97 Å². The minimum Gasteiger partial charge on any atom is -0.480 e. The first kappa shape index (κ1) is 11.2. The van der Waals surface area contributed by atoms with Crippen LogP contribution in [-0.4, -0.2) is 11.1 Å². The summed E-state index contributed by atoms with van der Waals surface area (Å²) in [6.45, 7) is 3.80. The average Bonchev–Trinajstić information content (AvgIpc) is 2.12. The first-order valence-electron chi connectivity index (χ1n) is 4.19. The average molecular weight is 258 g/mol. The van der Waals surface area contributed by atoms with Gasteiger partial charge in [-0.15, -0.1) is 0 Å². The van der Waals surface area contributed by atoms with Crippen molar-refractivity contribution in [3.05, 3.63) is 33.3 Å². The third kappa shape index (κ3) is 1.96. The van der Waals surface area contributed by atoms with E-state index >= 15 is 0 Å². The molecular weight excluding hydrogens is 246 g/mol. The number of nitrogens with two attached hydrogens (primary N) is 1. The number of carboxylic acids is 1. The highest BCUT2D eigenvalue weighted by Crippen LogP contribution is 2.27. The second-order valence-corrected chi connectivity index (χ2v) is 4.07. The van der Waals surface area contributed by atoms with E-state index in [2.05, 4.69) is 15.9 Å². The van der Waals surface area contributed by atoms with Gasteiger partial charge in [-0.1, -0.05) is 22.0 Å². The molecule has 0 amide bonds. The molecule has 0 bridgehead atoms. The zero-order valence-electron chi connectivity index (χ0n) is 8.04. The lowest BCUT2D eigenvalue weighted by Crippen LogP contribution is -2.22. The van der Waals surface area contributed by atoms with Crippen molar-refractivity contribution in [2.75, 3.05) is 0 Å². The van der Waals surface area contributed by atoms with Crippen LogP contribution < -0.4 is 5.73 Å².